The molecule has 0 atom stereocenters. The predicted octanol–water partition coefficient (Wildman–Crippen LogP) is 1.44. The molecule has 0 radical (unpaired) electrons. The van der Waals surface area contributed by atoms with Crippen LogP contribution in [-0.4, -0.2) is 39.5 Å². The van der Waals surface area contributed by atoms with Crippen molar-refractivity contribution in [3.05, 3.63) is 58.9 Å². The number of fused-ring (bicyclic) bond motifs is 1. The molecule has 1 aromatic heterocycles. The van der Waals surface area contributed by atoms with Gasteiger partial charge >= 0.3 is 0 Å². The smallest absolute Gasteiger partial charge is 0.226 e. The molecule has 0 aromatic carbocycles. The van der Waals surface area contributed by atoms with Crippen LogP contribution in [0.25, 0.3) is 5.57 Å². The lowest BCUT2D eigenvalue weighted by Crippen LogP contribution is -2.42. The van der Waals surface area contributed by atoms with E-state index in [1.54, 1.807) is 11.0 Å². The largest absolute Gasteiger partial charge is 0.506 e. The van der Waals surface area contributed by atoms with Crippen LogP contribution < -0.4 is 22.0 Å². The number of Topliss-reactive ketones (excluding diaryl/α,β-unsaturated/α-hetero) is 1. The summed E-state index contributed by atoms with van der Waals surface area (Å²) in [4.78, 5) is 27.5. The Bertz CT molecular complexity index is 1090. The van der Waals surface area contributed by atoms with Gasteiger partial charge in [0.2, 0.25) is 5.91 Å². The van der Waals surface area contributed by atoms with Gasteiger partial charge in [0.1, 0.15) is 5.76 Å². The number of aliphatic hydroxyl groups excluding tert-OH is 1. The minimum Gasteiger partial charge on any atom is -0.506 e. The normalized spacial score (nSPS) is 20.5. The molecule has 5 rings (SSSR count). The number of hydrogen-bond acceptors (Lipinski definition) is 7. The van der Waals surface area contributed by atoms with E-state index in [1.165, 1.54) is 15.9 Å². The number of nitrogens with zero attached hydrogens (tertiary/aromatic N) is 3. The maximum atomic E-state index is 13.3. The Labute approximate surface area is 179 Å². The number of hydrazine groups is 1. The Morgan fingerprint density at radius 1 is 1.23 bits per heavy atom. The van der Waals surface area contributed by atoms with Gasteiger partial charge in [-0.25, -0.2) is 5.84 Å². The van der Waals surface area contributed by atoms with Gasteiger partial charge in [-0.1, -0.05) is 18.2 Å². The van der Waals surface area contributed by atoms with Crippen LogP contribution in [0, 0.1) is 5.92 Å². The molecule has 1 aromatic rings. The van der Waals surface area contributed by atoms with Gasteiger partial charge in [0.25, 0.3) is 0 Å². The number of aromatic nitrogens is 1. The molecule has 31 heavy (non-hydrogen) atoms. The molecule has 1 saturated carbocycles. The third-order valence-electron chi connectivity index (χ3n) is 6.16. The molecule has 9 nitrogen and oxygen atoms in total. The molecule has 0 unspecified atom stereocenters. The van der Waals surface area contributed by atoms with Crippen molar-refractivity contribution in [3.8, 4) is 0 Å². The van der Waals surface area contributed by atoms with Gasteiger partial charge in [-0.05, 0) is 31.8 Å². The van der Waals surface area contributed by atoms with Crippen molar-refractivity contribution in [2.75, 3.05) is 23.9 Å². The topological polar surface area (TPSA) is 130 Å². The summed E-state index contributed by atoms with van der Waals surface area (Å²) >= 11 is 0. The number of nitrogen functional groups attached to an aromatic ring is 1. The molecule has 0 saturated heterocycles. The van der Waals surface area contributed by atoms with E-state index < -0.39 is 0 Å². The number of carbonyl (C=O) groups is 2. The molecule has 3 heterocycles. The number of nitrogens with two attached hydrogens (primary N) is 2. The lowest BCUT2D eigenvalue weighted by Gasteiger charge is -2.28. The monoisotopic (exact) mass is 422 g/mol. The Hall–Kier alpha value is -3.46. The van der Waals surface area contributed by atoms with Crippen LogP contribution in [0.15, 0.2) is 42.0 Å². The Balaban J connectivity index is 1.66. The summed E-state index contributed by atoms with van der Waals surface area (Å²) in [6.45, 7) is 0.741. The van der Waals surface area contributed by atoms with Gasteiger partial charge in [-0.3, -0.25) is 19.3 Å². The average Bonchev–Trinajstić information content (AvgIpc) is 3.59. The number of ketones is 1. The molecule has 6 N–H and O–H groups in total. The number of rotatable bonds is 4. The second-order valence-corrected chi connectivity index (χ2v) is 8.31. The van der Waals surface area contributed by atoms with Crippen molar-refractivity contribution in [3.63, 3.8) is 0 Å². The van der Waals surface area contributed by atoms with Crippen molar-refractivity contribution in [1.82, 2.24) is 14.9 Å². The number of hydrogen-bond donors (Lipinski definition) is 4. The van der Waals surface area contributed by atoms with Gasteiger partial charge in [-0.15, -0.1) is 0 Å². The van der Waals surface area contributed by atoms with Crippen LogP contribution in [0.1, 0.15) is 47.4 Å². The first kappa shape index (κ1) is 19.5. The fourth-order valence-corrected chi connectivity index (χ4v) is 4.42. The number of allylic oxidation sites excluding steroid dienone is 4. The van der Waals surface area contributed by atoms with Crippen molar-refractivity contribution < 1.29 is 14.7 Å². The number of carbonyl (C=O) groups excluding carboxylic acids is 2. The highest BCUT2D eigenvalue weighted by Gasteiger charge is 2.41. The summed E-state index contributed by atoms with van der Waals surface area (Å²) in [5.74, 6) is 12.9. The van der Waals surface area contributed by atoms with E-state index in [-0.39, 0.29) is 36.5 Å². The molecule has 162 valence electrons. The van der Waals surface area contributed by atoms with Gasteiger partial charge in [0.05, 0.1) is 41.4 Å². The number of dihydropyridines is 1. The van der Waals surface area contributed by atoms with Gasteiger partial charge in [0, 0.05) is 24.2 Å². The molecular weight excluding hydrogens is 396 g/mol. The summed E-state index contributed by atoms with van der Waals surface area (Å²) in [7, 11) is 0. The minimum atomic E-state index is -0.204. The van der Waals surface area contributed by atoms with Crippen LogP contribution in [0.4, 0.5) is 5.69 Å². The standard InChI is InChI=1S/C22H26N6O3/c23-27(14-4-2-1-3-5-14)21-19-16(11-26(12-18(19)30)22(31)13-6-7-13)28(24)20(21)15-8-9-25-10-17(15)29/h2,4-5,8,10,13,25,29H,1,3,6-7,9,11-12,23-24H2. The van der Waals surface area contributed by atoms with E-state index in [4.69, 9.17) is 11.7 Å². The first-order valence-electron chi connectivity index (χ1n) is 10.6. The highest BCUT2D eigenvalue weighted by molar-refractivity contribution is 6.09. The van der Waals surface area contributed by atoms with E-state index in [2.05, 4.69) is 5.32 Å². The Morgan fingerprint density at radius 3 is 2.71 bits per heavy atom. The number of aliphatic hydroxyl groups is 1. The summed E-state index contributed by atoms with van der Waals surface area (Å²) in [6, 6.07) is 0. The van der Waals surface area contributed by atoms with Crippen LogP contribution in [0.3, 0.4) is 0 Å². The minimum absolute atomic E-state index is 0.00391. The lowest BCUT2D eigenvalue weighted by molar-refractivity contribution is -0.132. The van der Waals surface area contributed by atoms with Gasteiger partial charge in [-0.2, -0.15) is 0 Å². The molecule has 1 fully saturated rings. The first-order chi connectivity index (χ1) is 15.0. The zero-order valence-electron chi connectivity index (χ0n) is 17.2. The van der Waals surface area contributed by atoms with Crippen molar-refractivity contribution in [2.45, 2.75) is 32.2 Å². The third-order valence-corrected chi connectivity index (χ3v) is 6.16. The number of anilines is 1. The van der Waals surface area contributed by atoms with Gasteiger partial charge in [0.15, 0.2) is 5.78 Å². The fourth-order valence-electron chi connectivity index (χ4n) is 4.42. The Kier molecular flexibility index (Phi) is 4.62. The van der Waals surface area contributed by atoms with Crippen molar-refractivity contribution in [2.24, 2.45) is 11.8 Å². The third kappa shape index (κ3) is 3.21. The maximum absolute atomic E-state index is 13.3. The van der Waals surface area contributed by atoms with E-state index in [1.807, 2.05) is 18.2 Å². The summed E-state index contributed by atoms with van der Waals surface area (Å²) in [5, 5.41) is 15.0. The zero-order chi connectivity index (χ0) is 21.7. The quantitative estimate of drug-likeness (QED) is 0.427. The highest BCUT2D eigenvalue weighted by Crippen LogP contribution is 2.41. The molecule has 2 aliphatic carbocycles. The number of nitrogens with one attached hydrogen (secondary N) is 1. The van der Waals surface area contributed by atoms with Crippen molar-refractivity contribution >= 4 is 23.0 Å². The van der Waals surface area contributed by atoms with Crippen molar-refractivity contribution in [1.29, 1.82) is 0 Å². The molecule has 4 aliphatic rings. The SMILES string of the molecule is NN(C1=CCCC=C1)c1c2c(n(N)c1C1=CCNC=C1O)CN(C(=O)C1CC1)CC2=O. The lowest BCUT2D eigenvalue weighted by atomic mass is 10.00. The van der Waals surface area contributed by atoms with Crippen LogP contribution >= 0.6 is 0 Å². The number of amides is 1. The second kappa shape index (κ2) is 7.35. The predicted molar refractivity (Wildman–Crippen MR) is 117 cm³/mol. The second-order valence-electron chi connectivity index (χ2n) is 8.31. The summed E-state index contributed by atoms with van der Waals surface area (Å²) in [5.41, 5.74) is 3.09. The molecule has 1 amide bonds. The highest BCUT2D eigenvalue weighted by atomic mass is 16.3. The average molecular weight is 422 g/mol. The van der Waals surface area contributed by atoms with E-state index >= 15 is 0 Å². The van der Waals surface area contributed by atoms with E-state index in [0.717, 1.165) is 31.4 Å². The van der Waals surface area contributed by atoms with Gasteiger partial charge < -0.3 is 21.2 Å². The van der Waals surface area contributed by atoms with Crippen LogP contribution in [0.5, 0.6) is 0 Å². The summed E-state index contributed by atoms with van der Waals surface area (Å²) < 4.78 is 1.41. The molecule has 0 spiro atoms. The maximum Gasteiger partial charge on any atom is 0.226 e. The van der Waals surface area contributed by atoms with E-state index in [0.29, 0.717) is 34.8 Å². The van der Waals surface area contributed by atoms with Crippen LogP contribution in [0.2, 0.25) is 0 Å². The zero-order valence-corrected chi connectivity index (χ0v) is 17.2. The molecule has 2 aliphatic heterocycles. The first-order valence-corrected chi connectivity index (χ1v) is 10.6. The fraction of sp³-hybridized carbons (Fsp3) is 0.364. The Morgan fingerprint density at radius 2 is 2.03 bits per heavy atom. The molecular formula is C22H26N6O3. The molecule has 0 bridgehead atoms. The molecule has 9 heteroatoms. The van der Waals surface area contributed by atoms with Crippen LogP contribution in [-0.2, 0) is 11.3 Å². The van der Waals surface area contributed by atoms with E-state index in [9.17, 15) is 14.7 Å². The summed E-state index contributed by atoms with van der Waals surface area (Å²) in [6.07, 6.45) is 12.8.